The van der Waals surface area contributed by atoms with Gasteiger partial charge in [-0.15, -0.1) is 0 Å². The summed E-state index contributed by atoms with van der Waals surface area (Å²) in [5.41, 5.74) is 2.10. The molecule has 3 aromatic heterocycles. The Morgan fingerprint density at radius 1 is 1.13 bits per heavy atom. The van der Waals surface area contributed by atoms with Crippen LogP contribution in [0.2, 0.25) is 0 Å². The summed E-state index contributed by atoms with van der Waals surface area (Å²) in [4.78, 5) is 8.42. The van der Waals surface area contributed by atoms with E-state index in [-0.39, 0.29) is 0 Å². The zero-order valence-electron chi connectivity index (χ0n) is 12.7. The van der Waals surface area contributed by atoms with Gasteiger partial charge >= 0.3 is 0 Å². The third-order valence-electron chi connectivity index (χ3n) is 4.25. The van der Waals surface area contributed by atoms with Gasteiger partial charge in [0.1, 0.15) is 30.3 Å². The molecule has 1 saturated heterocycles. The average Bonchev–Trinajstić information content (AvgIpc) is 3.20. The van der Waals surface area contributed by atoms with Crippen molar-refractivity contribution in [2.75, 3.05) is 0 Å². The topological polar surface area (TPSA) is 98.2 Å². The number of aryl methyl sites for hydroxylation is 2. The second kappa shape index (κ2) is 5.12. The minimum absolute atomic E-state index is 0.587. The summed E-state index contributed by atoms with van der Waals surface area (Å²) in [6, 6.07) is 3.64. The molecule has 0 saturated carbocycles. The van der Waals surface area contributed by atoms with Crippen LogP contribution in [-0.4, -0.2) is 46.7 Å². The highest BCUT2D eigenvalue weighted by atomic mass is 16.6. The molecule has 4 rings (SSSR count). The molecule has 0 aromatic carbocycles. The Bertz CT molecular complexity index is 858. The molecule has 23 heavy (non-hydrogen) atoms. The van der Waals surface area contributed by atoms with E-state index in [0.717, 1.165) is 11.1 Å². The standard InChI is InChI=1S/C15H17N5O3/c1-8-9-3-6-20(14(9)17-7-16-8)15-12(22)11(21)13(23-15)10-4-5-19(2)18-10/h3-7,11-13,15,21-22H,1-2H3/t11-,12+,13-,15+/m0/s1. The molecule has 1 fully saturated rings. The van der Waals surface area contributed by atoms with Crippen molar-refractivity contribution in [1.82, 2.24) is 24.3 Å². The Morgan fingerprint density at radius 2 is 1.96 bits per heavy atom. The Morgan fingerprint density at radius 3 is 2.70 bits per heavy atom. The van der Waals surface area contributed by atoms with Crippen molar-refractivity contribution < 1.29 is 14.9 Å². The van der Waals surface area contributed by atoms with Crippen LogP contribution in [-0.2, 0) is 11.8 Å². The van der Waals surface area contributed by atoms with Crippen LogP contribution in [0.1, 0.15) is 23.7 Å². The number of nitrogens with zero attached hydrogens (tertiary/aromatic N) is 5. The van der Waals surface area contributed by atoms with Crippen LogP contribution in [0.25, 0.3) is 11.0 Å². The van der Waals surface area contributed by atoms with Gasteiger partial charge in [0.2, 0.25) is 0 Å². The van der Waals surface area contributed by atoms with Crippen molar-refractivity contribution in [2.45, 2.75) is 31.5 Å². The van der Waals surface area contributed by atoms with E-state index in [1.54, 1.807) is 34.8 Å². The maximum Gasteiger partial charge on any atom is 0.164 e. The minimum atomic E-state index is -1.08. The van der Waals surface area contributed by atoms with Gasteiger partial charge < -0.3 is 19.5 Å². The van der Waals surface area contributed by atoms with Gasteiger partial charge in [0, 0.05) is 24.8 Å². The SMILES string of the molecule is Cc1ncnc2c1ccn2[C@@H]1O[C@@H](c2ccn(C)n2)[C@@H](O)[C@H]1O. The van der Waals surface area contributed by atoms with Crippen molar-refractivity contribution in [3.05, 3.63) is 42.2 Å². The van der Waals surface area contributed by atoms with E-state index < -0.39 is 24.5 Å². The summed E-state index contributed by atoms with van der Waals surface area (Å²) in [6.45, 7) is 1.89. The fourth-order valence-corrected chi connectivity index (χ4v) is 3.02. The zero-order valence-corrected chi connectivity index (χ0v) is 12.7. The van der Waals surface area contributed by atoms with Crippen molar-refractivity contribution in [2.24, 2.45) is 7.05 Å². The molecule has 120 valence electrons. The van der Waals surface area contributed by atoms with Gasteiger partial charge in [-0.1, -0.05) is 0 Å². The maximum atomic E-state index is 10.4. The van der Waals surface area contributed by atoms with Gasteiger partial charge in [0.05, 0.1) is 11.4 Å². The van der Waals surface area contributed by atoms with Gasteiger partial charge in [0.25, 0.3) is 0 Å². The molecule has 0 bridgehead atoms. The predicted octanol–water partition coefficient (Wildman–Crippen LogP) is 0.465. The Balaban J connectivity index is 1.73. The number of aliphatic hydroxyl groups is 2. The molecule has 0 amide bonds. The molecule has 4 atom stereocenters. The zero-order chi connectivity index (χ0) is 16.1. The molecular formula is C15H17N5O3. The van der Waals surface area contributed by atoms with Gasteiger partial charge in [0.15, 0.2) is 6.23 Å². The number of fused-ring (bicyclic) bond motifs is 1. The van der Waals surface area contributed by atoms with Crippen LogP contribution in [0.3, 0.4) is 0 Å². The lowest BCUT2D eigenvalue weighted by atomic mass is 10.1. The van der Waals surface area contributed by atoms with E-state index in [1.807, 2.05) is 13.0 Å². The van der Waals surface area contributed by atoms with Gasteiger partial charge in [-0.05, 0) is 19.1 Å². The third-order valence-corrected chi connectivity index (χ3v) is 4.25. The first-order chi connectivity index (χ1) is 11.1. The molecule has 4 heterocycles. The monoisotopic (exact) mass is 315 g/mol. The lowest BCUT2D eigenvalue weighted by Gasteiger charge is -2.17. The minimum Gasteiger partial charge on any atom is -0.387 e. The first-order valence-electron chi connectivity index (χ1n) is 7.35. The van der Waals surface area contributed by atoms with Gasteiger partial charge in [-0.2, -0.15) is 5.10 Å². The normalized spacial score (nSPS) is 27.8. The molecular weight excluding hydrogens is 298 g/mol. The van der Waals surface area contributed by atoms with Gasteiger partial charge in [-0.25, -0.2) is 9.97 Å². The van der Waals surface area contributed by atoms with E-state index in [9.17, 15) is 10.2 Å². The molecule has 2 N–H and O–H groups in total. The number of aromatic nitrogens is 5. The van der Waals surface area contributed by atoms with Crippen LogP contribution in [0, 0.1) is 6.92 Å². The first-order valence-corrected chi connectivity index (χ1v) is 7.35. The Kier molecular flexibility index (Phi) is 3.19. The van der Waals surface area contributed by atoms with E-state index in [1.165, 1.54) is 6.33 Å². The smallest absolute Gasteiger partial charge is 0.164 e. The number of ether oxygens (including phenoxy) is 1. The highest BCUT2D eigenvalue weighted by Gasteiger charge is 2.45. The summed E-state index contributed by atoms with van der Waals surface area (Å²) in [5.74, 6) is 0. The molecule has 8 nitrogen and oxygen atoms in total. The number of hydrogen-bond acceptors (Lipinski definition) is 6. The summed E-state index contributed by atoms with van der Waals surface area (Å²) < 4.78 is 9.26. The molecule has 8 heteroatoms. The summed E-state index contributed by atoms with van der Waals surface area (Å²) in [5, 5.41) is 25.9. The van der Waals surface area contributed by atoms with Crippen molar-refractivity contribution in [3.63, 3.8) is 0 Å². The fraction of sp³-hybridized carbons (Fsp3) is 0.400. The molecule has 1 aliphatic rings. The van der Waals surface area contributed by atoms with E-state index in [0.29, 0.717) is 11.3 Å². The number of rotatable bonds is 2. The Hall–Kier alpha value is -2.29. The highest BCUT2D eigenvalue weighted by molar-refractivity contribution is 5.78. The molecule has 1 aliphatic heterocycles. The van der Waals surface area contributed by atoms with Crippen LogP contribution in [0.15, 0.2) is 30.9 Å². The second-order valence-electron chi connectivity index (χ2n) is 5.76. The molecule has 0 unspecified atom stereocenters. The second-order valence-corrected chi connectivity index (χ2v) is 5.76. The molecule has 3 aromatic rings. The van der Waals surface area contributed by atoms with Crippen LogP contribution in [0.4, 0.5) is 0 Å². The number of hydrogen-bond donors (Lipinski definition) is 2. The predicted molar refractivity (Wildman–Crippen MR) is 80.3 cm³/mol. The largest absolute Gasteiger partial charge is 0.387 e. The van der Waals surface area contributed by atoms with Crippen molar-refractivity contribution in [3.8, 4) is 0 Å². The molecule has 0 spiro atoms. The van der Waals surface area contributed by atoms with Crippen LogP contribution >= 0.6 is 0 Å². The first kappa shape index (κ1) is 14.3. The van der Waals surface area contributed by atoms with E-state index >= 15 is 0 Å². The highest BCUT2D eigenvalue weighted by Crippen LogP contribution is 2.39. The maximum absolute atomic E-state index is 10.4. The third kappa shape index (κ3) is 2.14. The average molecular weight is 315 g/mol. The fourth-order valence-electron chi connectivity index (χ4n) is 3.02. The lowest BCUT2D eigenvalue weighted by molar-refractivity contribution is -0.0368. The van der Waals surface area contributed by atoms with Crippen LogP contribution < -0.4 is 0 Å². The van der Waals surface area contributed by atoms with E-state index in [2.05, 4.69) is 15.1 Å². The van der Waals surface area contributed by atoms with Gasteiger partial charge in [-0.3, -0.25) is 4.68 Å². The Labute approximate surface area is 132 Å². The summed E-state index contributed by atoms with van der Waals surface area (Å²) >= 11 is 0. The van der Waals surface area contributed by atoms with Crippen molar-refractivity contribution in [1.29, 1.82) is 0 Å². The number of aliphatic hydroxyl groups excluding tert-OH is 2. The molecule has 0 aliphatic carbocycles. The molecule has 0 radical (unpaired) electrons. The quantitative estimate of drug-likeness (QED) is 0.713. The summed E-state index contributed by atoms with van der Waals surface area (Å²) in [6.07, 6.45) is 1.48. The van der Waals surface area contributed by atoms with Crippen LogP contribution in [0.5, 0.6) is 0 Å². The summed E-state index contributed by atoms with van der Waals surface area (Å²) in [7, 11) is 1.79. The lowest BCUT2D eigenvalue weighted by Crippen LogP contribution is -2.29. The van der Waals surface area contributed by atoms with Crippen molar-refractivity contribution >= 4 is 11.0 Å². The van der Waals surface area contributed by atoms with E-state index in [4.69, 9.17) is 4.74 Å².